The molecule has 0 saturated carbocycles. The molecule has 12 heteroatoms. The first-order valence-corrected chi connectivity index (χ1v) is 12.8. The minimum absolute atomic E-state index is 0.0358. The third kappa shape index (κ3) is 6.81. The number of halogens is 3. The monoisotopic (exact) mass is 555 g/mol. The molecule has 1 saturated heterocycles. The molecule has 1 aliphatic heterocycles. The number of piperazine rings is 1. The number of nitrogens with one attached hydrogen (secondary N) is 3. The van der Waals surface area contributed by atoms with E-state index in [2.05, 4.69) is 56.1 Å². The molecule has 0 bridgehead atoms. The van der Waals surface area contributed by atoms with E-state index in [1.807, 2.05) is 12.1 Å². The number of amides is 1. The Morgan fingerprint density at radius 2 is 1.90 bits per heavy atom. The number of carbonyl (C=O) groups excluding carboxylic acids is 1. The van der Waals surface area contributed by atoms with Crippen LogP contribution in [0, 0.1) is 0 Å². The van der Waals surface area contributed by atoms with Crippen LogP contribution in [0.15, 0.2) is 61.3 Å². The van der Waals surface area contributed by atoms with Gasteiger partial charge in [0.1, 0.15) is 17.1 Å². The van der Waals surface area contributed by atoms with Crippen molar-refractivity contribution in [2.75, 3.05) is 54.1 Å². The Morgan fingerprint density at radius 3 is 2.58 bits per heavy atom. The van der Waals surface area contributed by atoms with Crippen LogP contribution in [-0.4, -0.2) is 60.1 Å². The standard InChI is InChI=1S/C28H32F3N7O2/c1-5-25(39)33-19-8-7-9-20(14-19)34-26-22(28(29,30)31)16-32-27(36-26)35-21-10-11-23(24(15-21)40-4)38-13-12-37(6-2)17-18(38)3/h5,7-11,14-16,18H,1,6,12-13,17H2,2-4H3,(H,33,39)(H2,32,34,35,36)/t18-/m0/s1. The highest BCUT2D eigenvalue weighted by atomic mass is 19.4. The lowest BCUT2D eigenvalue weighted by molar-refractivity contribution is -0.137. The Bertz CT molecular complexity index is 1370. The fourth-order valence-electron chi connectivity index (χ4n) is 4.55. The number of benzene rings is 2. The Morgan fingerprint density at radius 1 is 1.15 bits per heavy atom. The van der Waals surface area contributed by atoms with E-state index < -0.39 is 23.5 Å². The highest BCUT2D eigenvalue weighted by Gasteiger charge is 2.35. The van der Waals surface area contributed by atoms with Gasteiger partial charge in [-0.15, -0.1) is 0 Å². The molecule has 2 aromatic carbocycles. The van der Waals surface area contributed by atoms with Crippen LogP contribution in [0.4, 0.5) is 47.7 Å². The highest BCUT2D eigenvalue weighted by molar-refractivity contribution is 5.99. The second-order valence-corrected chi connectivity index (χ2v) is 9.30. The van der Waals surface area contributed by atoms with Crippen LogP contribution in [-0.2, 0) is 11.0 Å². The van der Waals surface area contributed by atoms with Gasteiger partial charge in [0.2, 0.25) is 11.9 Å². The van der Waals surface area contributed by atoms with Crippen molar-refractivity contribution in [2.24, 2.45) is 0 Å². The fraction of sp³-hybridized carbons (Fsp3) is 0.321. The number of anilines is 6. The summed E-state index contributed by atoms with van der Waals surface area (Å²) in [5.74, 6) is -0.291. The van der Waals surface area contributed by atoms with Gasteiger partial charge in [0.15, 0.2) is 0 Å². The number of carbonyl (C=O) groups is 1. The summed E-state index contributed by atoms with van der Waals surface area (Å²) in [5.41, 5.74) is 1.14. The summed E-state index contributed by atoms with van der Waals surface area (Å²) in [6.07, 6.45) is -2.88. The molecule has 40 heavy (non-hydrogen) atoms. The van der Waals surface area contributed by atoms with Crippen molar-refractivity contribution in [1.29, 1.82) is 0 Å². The van der Waals surface area contributed by atoms with E-state index >= 15 is 0 Å². The Kier molecular flexibility index (Phi) is 8.78. The fourth-order valence-corrected chi connectivity index (χ4v) is 4.55. The third-order valence-electron chi connectivity index (χ3n) is 6.58. The van der Waals surface area contributed by atoms with Gasteiger partial charge in [-0.1, -0.05) is 19.6 Å². The largest absolute Gasteiger partial charge is 0.495 e. The molecule has 1 aromatic heterocycles. The molecule has 0 spiro atoms. The molecule has 0 radical (unpaired) electrons. The maximum Gasteiger partial charge on any atom is 0.421 e. The lowest BCUT2D eigenvalue weighted by Crippen LogP contribution is -2.51. The number of hydrogen-bond donors (Lipinski definition) is 3. The summed E-state index contributed by atoms with van der Waals surface area (Å²) < 4.78 is 47.0. The van der Waals surface area contributed by atoms with E-state index in [-0.39, 0.29) is 12.0 Å². The molecule has 212 valence electrons. The lowest BCUT2D eigenvalue weighted by Gasteiger charge is -2.41. The van der Waals surface area contributed by atoms with Crippen LogP contribution in [0.3, 0.4) is 0 Å². The van der Waals surface area contributed by atoms with Gasteiger partial charge in [-0.2, -0.15) is 18.2 Å². The number of methoxy groups -OCH3 is 1. The van der Waals surface area contributed by atoms with E-state index in [1.54, 1.807) is 31.4 Å². The number of alkyl halides is 3. The first kappa shape index (κ1) is 28.7. The van der Waals surface area contributed by atoms with E-state index in [0.29, 0.717) is 22.8 Å². The topological polar surface area (TPSA) is 94.6 Å². The number of nitrogens with zero attached hydrogens (tertiary/aromatic N) is 4. The number of hydrogen-bond acceptors (Lipinski definition) is 8. The molecule has 9 nitrogen and oxygen atoms in total. The lowest BCUT2D eigenvalue weighted by atomic mass is 10.1. The number of rotatable bonds is 9. The van der Waals surface area contributed by atoms with Gasteiger partial charge < -0.3 is 25.6 Å². The predicted octanol–water partition coefficient (Wildman–Crippen LogP) is 5.65. The molecule has 1 aliphatic rings. The van der Waals surface area contributed by atoms with Gasteiger partial charge in [-0.3, -0.25) is 9.69 Å². The van der Waals surface area contributed by atoms with Crippen molar-refractivity contribution in [3.8, 4) is 5.75 Å². The van der Waals surface area contributed by atoms with Gasteiger partial charge in [0, 0.05) is 55.0 Å². The molecule has 1 atom stereocenters. The molecule has 4 rings (SSSR count). The van der Waals surface area contributed by atoms with Crippen molar-refractivity contribution >= 4 is 40.4 Å². The first-order chi connectivity index (χ1) is 19.1. The van der Waals surface area contributed by atoms with Crippen molar-refractivity contribution in [2.45, 2.75) is 26.1 Å². The third-order valence-corrected chi connectivity index (χ3v) is 6.58. The zero-order chi connectivity index (χ0) is 28.9. The molecule has 3 aromatic rings. The summed E-state index contributed by atoms with van der Waals surface area (Å²) >= 11 is 0. The number of aromatic nitrogens is 2. The maximum absolute atomic E-state index is 13.8. The van der Waals surface area contributed by atoms with Gasteiger partial charge in [0.25, 0.3) is 0 Å². The van der Waals surface area contributed by atoms with Gasteiger partial charge in [-0.25, -0.2) is 4.98 Å². The van der Waals surface area contributed by atoms with Crippen molar-refractivity contribution in [3.05, 3.63) is 66.9 Å². The van der Waals surface area contributed by atoms with Gasteiger partial charge >= 0.3 is 6.18 Å². The Labute approximate surface area is 231 Å². The summed E-state index contributed by atoms with van der Waals surface area (Å²) in [5, 5.41) is 8.25. The van der Waals surface area contributed by atoms with E-state index in [9.17, 15) is 18.0 Å². The van der Waals surface area contributed by atoms with Crippen LogP contribution >= 0.6 is 0 Å². The molecule has 1 amide bonds. The quantitative estimate of drug-likeness (QED) is 0.292. The summed E-state index contributed by atoms with van der Waals surface area (Å²) in [4.78, 5) is 24.3. The molecule has 1 fully saturated rings. The van der Waals surface area contributed by atoms with E-state index in [0.717, 1.165) is 44.1 Å². The Balaban J connectivity index is 1.58. The predicted molar refractivity (Wildman–Crippen MR) is 151 cm³/mol. The van der Waals surface area contributed by atoms with Crippen LogP contribution in [0.2, 0.25) is 0 Å². The van der Waals surface area contributed by atoms with Crippen LogP contribution in [0.1, 0.15) is 19.4 Å². The zero-order valence-corrected chi connectivity index (χ0v) is 22.5. The van der Waals surface area contributed by atoms with Crippen LogP contribution < -0.4 is 25.6 Å². The second-order valence-electron chi connectivity index (χ2n) is 9.30. The van der Waals surface area contributed by atoms with Crippen LogP contribution in [0.5, 0.6) is 5.75 Å². The zero-order valence-electron chi connectivity index (χ0n) is 22.5. The average Bonchev–Trinajstić information content (AvgIpc) is 2.92. The molecular weight excluding hydrogens is 523 g/mol. The molecule has 0 aliphatic carbocycles. The minimum Gasteiger partial charge on any atom is -0.495 e. The summed E-state index contributed by atoms with van der Waals surface area (Å²) in [6, 6.07) is 12.0. The normalized spacial score (nSPS) is 15.8. The van der Waals surface area contributed by atoms with Crippen molar-refractivity contribution < 1.29 is 22.7 Å². The van der Waals surface area contributed by atoms with Crippen molar-refractivity contribution in [3.63, 3.8) is 0 Å². The minimum atomic E-state index is -4.70. The van der Waals surface area contributed by atoms with Gasteiger partial charge in [0.05, 0.1) is 12.8 Å². The highest BCUT2D eigenvalue weighted by Crippen LogP contribution is 2.37. The smallest absolute Gasteiger partial charge is 0.421 e. The molecular formula is C28H32F3N7O2. The summed E-state index contributed by atoms with van der Waals surface area (Å²) in [7, 11) is 1.58. The van der Waals surface area contributed by atoms with Crippen LogP contribution in [0.25, 0.3) is 0 Å². The number of ether oxygens (including phenoxy) is 1. The SMILES string of the molecule is C=CC(=O)Nc1cccc(Nc2nc(Nc3ccc(N4CCN(CC)C[C@@H]4C)c(OC)c3)ncc2C(F)(F)F)c1. The summed E-state index contributed by atoms with van der Waals surface area (Å²) in [6.45, 7) is 11.4. The molecule has 3 N–H and O–H groups in total. The first-order valence-electron chi connectivity index (χ1n) is 12.8. The van der Waals surface area contributed by atoms with Gasteiger partial charge in [-0.05, 0) is 49.9 Å². The van der Waals surface area contributed by atoms with Crippen molar-refractivity contribution in [1.82, 2.24) is 14.9 Å². The van der Waals surface area contributed by atoms with E-state index in [1.165, 1.54) is 6.07 Å². The molecule has 2 heterocycles. The molecule has 0 unspecified atom stereocenters. The number of likely N-dealkylation sites (N-methyl/N-ethyl adjacent to an activating group) is 1. The Hall–Kier alpha value is -4.32. The average molecular weight is 556 g/mol. The maximum atomic E-state index is 13.8. The second kappa shape index (κ2) is 12.2. The van der Waals surface area contributed by atoms with E-state index in [4.69, 9.17) is 4.74 Å².